The molecule has 1 aromatic heterocycles. The minimum Gasteiger partial charge on any atom is -0.330 e. The van der Waals surface area contributed by atoms with E-state index in [4.69, 9.17) is 5.73 Å². The molecule has 0 aliphatic carbocycles. The fourth-order valence-corrected chi connectivity index (χ4v) is 2.46. The van der Waals surface area contributed by atoms with Crippen molar-refractivity contribution in [1.29, 1.82) is 0 Å². The van der Waals surface area contributed by atoms with Gasteiger partial charge in [0.1, 0.15) is 0 Å². The van der Waals surface area contributed by atoms with E-state index in [-0.39, 0.29) is 6.54 Å². The quantitative estimate of drug-likeness (QED) is 0.691. The van der Waals surface area contributed by atoms with Crippen molar-refractivity contribution in [2.24, 2.45) is 12.8 Å². The van der Waals surface area contributed by atoms with Gasteiger partial charge in [-0.1, -0.05) is 0 Å². The van der Waals surface area contributed by atoms with Gasteiger partial charge in [-0.15, -0.1) is 0 Å². The van der Waals surface area contributed by atoms with Crippen molar-refractivity contribution in [3.05, 3.63) is 17.5 Å². The Kier molecular flexibility index (Phi) is 5.27. The number of nitrogens with one attached hydrogen (secondary N) is 1. The van der Waals surface area contributed by atoms with E-state index in [0.717, 1.165) is 11.3 Å². The second-order valence-electron chi connectivity index (χ2n) is 4.20. The van der Waals surface area contributed by atoms with E-state index in [0.29, 0.717) is 19.5 Å². The molecule has 7 nitrogen and oxygen atoms in total. The molecule has 1 aromatic rings. The first-order valence-electron chi connectivity index (χ1n) is 5.77. The molecular weight excluding hydrogens is 254 g/mol. The molecule has 3 N–H and O–H groups in total. The highest BCUT2D eigenvalue weighted by molar-refractivity contribution is 7.87. The summed E-state index contributed by atoms with van der Waals surface area (Å²) in [4.78, 5) is 0. The smallest absolute Gasteiger partial charge is 0.279 e. The number of aryl methyl sites for hydroxylation is 2. The Balaban J connectivity index is 2.59. The molecule has 0 amide bonds. The van der Waals surface area contributed by atoms with Gasteiger partial charge in [0.2, 0.25) is 0 Å². The summed E-state index contributed by atoms with van der Waals surface area (Å²) in [6.07, 6.45) is 2.45. The second-order valence-corrected chi connectivity index (χ2v) is 6.07. The monoisotopic (exact) mass is 275 g/mol. The first-order valence-corrected chi connectivity index (χ1v) is 7.21. The van der Waals surface area contributed by atoms with Gasteiger partial charge in [-0.25, -0.2) is 0 Å². The third kappa shape index (κ3) is 4.05. The van der Waals surface area contributed by atoms with Crippen LogP contribution in [0.2, 0.25) is 0 Å². The van der Waals surface area contributed by atoms with Gasteiger partial charge >= 0.3 is 0 Å². The van der Waals surface area contributed by atoms with Crippen LogP contribution in [0.1, 0.15) is 17.7 Å². The van der Waals surface area contributed by atoms with E-state index in [2.05, 4.69) is 9.82 Å². The molecule has 0 radical (unpaired) electrons. The molecule has 0 aromatic carbocycles. The average Bonchev–Trinajstić information content (AvgIpc) is 2.62. The summed E-state index contributed by atoms with van der Waals surface area (Å²) >= 11 is 0. The zero-order chi connectivity index (χ0) is 13.8. The van der Waals surface area contributed by atoms with Crippen LogP contribution < -0.4 is 10.5 Å². The molecule has 0 spiro atoms. The van der Waals surface area contributed by atoms with Gasteiger partial charge in [-0.05, 0) is 19.9 Å². The van der Waals surface area contributed by atoms with Crippen molar-refractivity contribution in [2.75, 3.05) is 20.1 Å². The van der Waals surface area contributed by atoms with Crippen LogP contribution in [0.15, 0.2) is 6.20 Å². The molecule has 104 valence electrons. The summed E-state index contributed by atoms with van der Waals surface area (Å²) in [7, 11) is -0.108. The van der Waals surface area contributed by atoms with Crippen molar-refractivity contribution < 1.29 is 8.42 Å². The van der Waals surface area contributed by atoms with Crippen LogP contribution in [0.3, 0.4) is 0 Å². The third-order valence-electron chi connectivity index (χ3n) is 2.65. The van der Waals surface area contributed by atoms with Crippen LogP contribution in [-0.4, -0.2) is 42.6 Å². The molecule has 1 rings (SSSR count). The average molecular weight is 275 g/mol. The van der Waals surface area contributed by atoms with Crippen LogP contribution >= 0.6 is 0 Å². The first kappa shape index (κ1) is 15.1. The molecular formula is C10H21N5O2S. The zero-order valence-electron chi connectivity index (χ0n) is 11.0. The summed E-state index contributed by atoms with van der Waals surface area (Å²) in [6.45, 7) is 2.98. The molecule has 0 aliphatic heterocycles. The van der Waals surface area contributed by atoms with Crippen LogP contribution in [-0.2, 0) is 23.8 Å². The second kappa shape index (κ2) is 6.28. The lowest BCUT2D eigenvalue weighted by Crippen LogP contribution is -2.38. The lowest BCUT2D eigenvalue weighted by Gasteiger charge is -2.17. The maximum absolute atomic E-state index is 11.9. The van der Waals surface area contributed by atoms with Crippen molar-refractivity contribution in [2.45, 2.75) is 19.9 Å². The normalized spacial score (nSPS) is 12.3. The maximum Gasteiger partial charge on any atom is 0.279 e. The van der Waals surface area contributed by atoms with Gasteiger partial charge in [0.15, 0.2) is 0 Å². The number of nitrogens with two attached hydrogens (primary N) is 1. The fourth-order valence-electron chi connectivity index (χ4n) is 1.54. The van der Waals surface area contributed by atoms with Crippen molar-refractivity contribution in [3.63, 3.8) is 0 Å². The summed E-state index contributed by atoms with van der Waals surface area (Å²) in [6, 6.07) is 0. The predicted molar refractivity (Wildman–Crippen MR) is 70.0 cm³/mol. The molecule has 0 saturated heterocycles. The summed E-state index contributed by atoms with van der Waals surface area (Å²) in [5.41, 5.74) is 7.05. The molecule has 0 fully saturated rings. The zero-order valence-corrected chi connectivity index (χ0v) is 11.9. The largest absolute Gasteiger partial charge is 0.330 e. The van der Waals surface area contributed by atoms with Crippen molar-refractivity contribution >= 4 is 10.2 Å². The number of hydrogen-bond acceptors (Lipinski definition) is 4. The van der Waals surface area contributed by atoms with E-state index < -0.39 is 10.2 Å². The first-order chi connectivity index (χ1) is 8.36. The highest BCUT2D eigenvalue weighted by atomic mass is 32.2. The van der Waals surface area contributed by atoms with Gasteiger partial charge in [-0.3, -0.25) is 4.68 Å². The highest BCUT2D eigenvalue weighted by Crippen LogP contribution is 2.05. The minimum absolute atomic E-state index is 0.245. The van der Waals surface area contributed by atoms with Crippen LogP contribution in [0.5, 0.6) is 0 Å². The molecule has 0 bridgehead atoms. The maximum atomic E-state index is 11.9. The molecule has 0 unspecified atom stereocenters. The Bertz CT molecular complexity index is 482. The van der Waals surface area contributed by atoms with E-state index in [1.54, 1.807) is 17.9 Å². The lowest BCUT2D eigenvalue weighted by atomic mass is 10.3. The third-order valence-corrected chi connectivity index (χ3v) is 4.16. The van der Waals surface area contributed by atoms with E-state index in [1.807, 2.05) is 6.92 Å². The highest BCUT2D eigenvalue weighted by Gasteiger charge is 2.17. The minimum atomic E-state index is -3.45. The Morgan fingerprint density at radius 3 is 2.72 bits per heavy atom. The van der Waals surface area contributed by atoms with Gasteiger partial charge in [0.05, 0.1) is 5.69 Å². The Morgan fingerprint density at radius 2 is 2.22 bits per heavy atom. The SMILES string of the molecule is Cc1nn(C)cc1CNS(=O)(=O)N(C)CCCN. The molecule has 0 saturated carbocycles. The standard InChI is InChI=1S/C10H21N5O2S/c1-9-10(8-14(2)13-9)7-12-18(16,17)15(3)6-4-5-11/h8,12H,4-7,11H2,1-3H3. The number of nitrogens with zero attached hydrogens (tertiary/aromatic N) is 3. The number of aromatic nitrogens is 2. The molecule has 0 atom stereocenters. The van der Waals surface area contributed by atoms with E-state index >= 15 is 0 Å². The molecule has 1 heterocycles. The summed E-state index contributed by atoms with van der Waals surface area (Å²) in [5.74, 6) is 0. The van der Waals surface area contributed by atoms with Crippen molar-refractivity contribution in [1.82, 2.24) is 18.8 Å². The molecule has 8 heteroatoms. The lowest BCUT2D eigenvalue weighted by molar-refractivity contribution is 0.452. The van der Waals surface area contributed by atoms with Gasteiger partial charge in [0.25, 0.3) is 10.2 Å². The van der Waals surface area contributed by atoms with E-state index in [1.165, 1.54) is 11.4 Å². The Hall–Kier alpha value is -0.960. The van der Waals surface area contributed by atoms with Gasteiger partial charge in [-0.2, -0.15) is 22.5 Å². The number of hydrogen-bond donors (Lipinski definition) is 2. The predicted octanol–water partition coefficient (Wildman–Crippen LogP) is -0.656. The Morgan fingerprint density at radius 1 is 1.56 bits per heavy atom. The van der Waals surface area contributed by atoms with E-state index in [9.17, 15) is 8.42 Å². The Labute approximate surface area is 108 Å². The van der Waals surface area contributed by atoms with Crippen LogP contribution in [0, 0.1) is 6.92 Å². The number of rotatable bonds is 7. The summed E-state index contributed by atoms with van der Waals surface area (Å²) in [5, 5.41) is 4.16. The molecule has 0 aliphatic rings. The van der Waals surface area contributed by atoms with Crippen LogP contribution in [0.25, 0.3) is 0 Å². The van der Waals surface area contributed by atoms with Gasteiger partial charge < -0.3 is 5.73 Å². The van der Waals surface area contributed by atoms with Crippen LogP contribution in [0.4, 0.5) is 0 Å². The summed E-state index contributed by atoms with van der Waals surface area (Å²) < 4.78 is 29.2. The fraction of sp³-hybridized carbons (Fsp3) is 0.700. The topological polar surface area (TPSA) is 93.2 Å². The molecule has 18 heavy (non-hydrogen) atoms. The van der Waals surface area contributed by atoms with Gasteiger partial charge in [0, 0.05) is 38.9 Å². The van der Waals surface area contributed by atoms with Crippen molar-refractivity contribution in [3.8, 4) is 0 Å².